The monoisotopic (exact) mass is 264 g/mol. The van der Waals surface area contributed by atoms with Crippen LogP contribution in [0.2, 0.25) is 0 Å². The van der Waals surface area contributed by atoms with Crippen LogP contribution in [0.25, 0.3) is 17.1 Å². The van der Waals surface area contributed by atoms with E-state index in [1.807, 2.05) is 49.0 Å². The van der Waals surface area contributed by atoms with Gasteiger partial charge in [0, 0.05) is 31.0 Å². The van der Waals surface area contributed by atoms with Gasteiger partial charge in [-0.3, -0.25) is 4.57 Å². The van der Waals surface area contributed by atoms with Crippen molar-refractivity contribution in [1.82, 2.24) is 14.8 Å². The van der Waals surface area contributed by atoms with E-state index in [9.17, 15) is 0 Å². The van der Waals surface area contributed by atoms with Crippen LogP contribution in [0, 0.1) is 0 Å². The molecular formula is C16H16N4. The van der Waals surface area contributed by atoms with Gasteiger partial charge in [-0.25, -0.2) is 0 Å². The number of aromatic nitrogens is 3. The Bertz CT molecular complexity index is 684. The Morgan fingerprint density at radius 2 is 1.60 bits per heavy atom. The van der Waals surface area contributed by atoms with Gasteiger partial charge < -0.3 is 4.90 Å². The number of nitrogens with zero attached hydrogens (tertiary/aromatic N) is 4. The topological polar surface area (TPSA) is 34.0 Å². The van der Waals surface area contributed by atoms with Crippen molar-refractivity contribution in [3.05, 3.63) is 60.9 Å². The van der Waals surface area contributed by atoms with Crippen molar-refractivity contribution in [2.24, 2.45) is 0 Å². The number of hydrogen-bond donors (Lipinski definition) is 0. The Morgan fingerprint density at radius 1 is 0.900 bits per heavy atom. The van der Waals surface area contributed by atoms with E-state index >= 15 is 0 Å². The lowest BCUT2D eigenvalue weighted by molar-refractivity contribution is 1.06. The first-order valence-corrected chi connectivity index (χ1v) is 6.49. The second-order valence-corrected chi connectivity index (χ2v) is 4.80. The predicted octanol–water partition coefficient (Wildman–Crippen LogP) is 3.00. The minimum atomic E-state index is 0.849. The lowest BCUT2D eigenvalue weighted by Crippen LogP contribution is -2.08. The van der Waals surface area contributed by atoms with E-state index in [-0.39, 0.29) is 0 Å². The van der Waals surface area contributed by atoms with Gasteiger partial charge in [0.2, 0.25) is 0 Å². The Morgan fingerprint density at radius 3 is 2.25 bits per heavy atom. The molecule has 20 heavy (non-hydrogen) atoms. The summed E-state index contributed by atoms with van der Waals surface area (Å²) >= 11 is 0. The Kier molecular flexibility index (Phi) is 3.21. The number of hydrogen-bond acceptors (Lipinski definition) is 3. The van der Waals surface area contributed by atoms with Gasteiger partial charge in [0.05, 0.1) is 0 Å². The lowest BCUT2D eigenvalue weighted by Gasteiger charge is -2.12. The highest BCUT2D eigenvalue weighted by Crippen LogP contribution is 2.22. The van der Waals surface area contributed by atoms with E-state index in [1.165, 1.54) is 5.69 Å². The molecule has 0 radical (unpaired) electrons. The molecule has 4 heteroatoms. The highest BCUT2D eigenvalue weighted by molar-refractivity contribution is 5.62. The molecular weight excluding hydrogens is 248 g/mol. The Hall–Kier alpha value is -2.62. The van der Waals surface area contributed by atoms with Gasteiger partial charge in [-0.2, -0.15) is 0 Å². The average Bonchev–Trinajstić information content (AvgIpc) is 2.97. The van der Waals surface area contributed by atoms with Crippen LogP contribution in [-0.2, 0) is 0 Å². The summed E-state index contributed by atoms with van der Waals surface area (Å²) < 4.78 is 1.99. The van der Waals surface area contributed by atoms with Crippen LogP contribution in [0.1, 0.15) is 0 Å². The summed E-state index contributed by atoms with van der Waals surface area (Å²) in [5, 5.41) is 8.27. The molecule has 0 N–H and O–H groups in total. The molecule has 0 saturated heterocycles. The molecule has 0 unspecified atom stereocenters. The molecule has 0 saturated carbocycles. The second kappa shape index (κ2) is 5.17. The summed E-state index contributed by atoms with van der Waals surface area (Å²) in [6.07, 6.45) is 1.74. The quantitative estimate of drug-likeness (QED) is 0.729. The number of para-hydroxylation sites is 1. The normalized spacial score (nSPS) is 10.5. The summed E-state index contributed by atoms with van der Waals surface area (Å²) in [4.78, 5) is 2.08. The lowest BCUT2D eigenvalue weighted by atomic mass is 10.2. The van der Waals surface area contributed by atoms with Gasteiger partial charge in [-0.1, -0.05) is 18.2 Å². The van der Waals surface area contributed by atoms with Crippen molar-refractivity contribution in [2.75, 3.05) is 19.0 Å². The van der Waals surface area contributed by atoms with Gasteiger partial charge in [0.1, 0.15) is 6.33 Å². The van der Waals surface area contributed by atoms with E-state index in [2.05, 4.69) is 39.4 Å². The number of rotatable bonds is 3. The van der Waals surface area contributed by atoms with Gasteiger partial charge in [-0.15, -0.1) is 10.2 Å². The molecule has 1 aromatic heterocycles. The SMILES string of the molecule is CN(C)c1ccc(-c2nncn2-c2ccccc2)cc1. The maximum absolute atomic E-state index is 4.24. The summed E-state index contributed by atoms with van der Waals surface area (Å²) in [5.41, 5.74) is 3.28. The van der Waals surface area contributed by atoms with Gasteiger partial charge in [0.25, 0.3) is 0 Å². The van der Waals surface area contributed by atoms with E-state index in [0.29, 0.717) is 0 Å². The third-order valence-electron chi connectivity index (χ3n) is 3.22. The summed E-state index contributed by atoms with van der Waals surface area (Å²) in [7, 11) is 4.06. The molecule has 0 atom stereocenters. The van der Waals surface area contributed by atoms with Crippen LogP contribution < -0.4 is 4.90 Å². The molecule has 0 bridgehead atoms. The first-order valence-electron chi connectivity index (χ1n) is 6.49. The molecule has 0 amide bonds. The van der Waals surface area contributed by atoms with E-state index < -0.39 is 0 Å². The summed E-state index contributed by atoms with van der Waals surface area (Å²) in [5.74, 6) is 0.849. The van der Waals surface area contributed by atoms with Crippen molar-refractivity contribution in [3.63, 3.8) is 0 Å². The van der Waals surface area contributed by atoms with Crippen molar-refractivity contribution in [3.8, 4) is 17.1 Å². The van der Waals surface area contributed by atoms with Crippen molar-refractivity contribution in [1.29, 1.82) is 0 Å². The average molecular weight is 264 g/mol. The highest BCUT2D eigenvalue weighted by atomic mass is 15.3. The van der Waals surface area contributed by atoms with Gasteiger partial charge in [-0.05, 0) is 36.4 Å². The van der Waals surface area contributed by atoms with Crippen LogP contribution in [0.5, 0.6) is 0 Å². The fraction of sp³-hybridized carbons (Fsp3) is 0.125. The first-order chi connectivity index (χ1) is 9.75. The number of benzene rings is 2. The molecule has 100 valence electrons. The van der Waals surface area contributed by atoms with E-state index in [4.69, 9.17) is 0 Å². The minimum absolute atomic E-state index is 0.849. The zero-order valence-electron chi connectivity index (χ0n) is 11.6. The van der Waals surface area contributed by atoms with E-state index in [0.717, 1.165) is 17.1 Å². The molecule has 3 rings (SSSR count). The predicted molar refractivity (Wildman–Crippen MR) is 81.1 cm³/mol. The van der Waals surface area contributed by atoms with Crippen molar-refractivity contribution < 1.29 is 0 Å². The molecule has 0 aliphatic heterocycles. The van der Waals surface area contributed by atoms with Crippen molar-refractivity contribution in [2.45, 2.75) is 0 Å². The Balaban J connectivity index is 2.01. The Labute approximate surface area is 118 Å². The molecule has 4 nitrogen and oxygen atoms in total. The van der Waals surface area contributed by atoms with E-state index in [1.54, 1.807) is 6.33 Å². The maximum atomic E-state index is 4.24. The molecule has 3 aromatic rings. The molecule has 0 fully saturated rings. The smallest absolute Gasteiger partial charge is 0.168 e. The summed E-state index contributed by atoms with van der Waals surface area (Å²) in [6, 6.07) is 18.4. The maximum Gasteiger partial charge on any atom is 0.168 e. The number of anilines is 1. The van der Waals surface area contributed by atoms with Crippen molar-refractivity contribution >= 4 is 5.69 Å². The zero-order chi connectivity index (χ0) is 13.9. The second-order valence-electron chi connectivity index (χ2n) is 4.80. The molecule has 0 aliphatic rings. The third kappa shape index (κ3) is 2.28. The van der Waals surface area contributed by atoms with Crippen LogP contribution >= 0.6 is 0 Å². The third-order valence-corrected chi connectivity index (χ3v) is 3.22. The van der Waals surface area contributed by atoms with Crippen LogP contribution in [-0.4, -0.2) is 28.9 Å². The van der Waals surface area contributed by atoms with Gasteiger partial charge >= 0.3 is 0 Å². The van der Waals surface area contributed by atoms with Crippen LogP contribution in [0.4, 0.5) is 5.69 Å². The highest BCUT2D eigenvalue weighted by Gasteiger charge is 2.08. The first kappa shape index (κ1) is 12.4. The molecule has 2 aromatic carbocycles. The zero-order valence-corrected chi connectivity index (χ0v) is 11.6. The molecule has 0 aliphatic carbocycles. The fourth-order valence-electron chi connectivity index (χ4n) is 2.12. The van der Waals surface area contributed by atoms with Crippen LogP contribution in [0.3, 0.4) is 0 Å². The molecule has 1 heterocycles. The molecule has 0 spiro atoms. The minimum Gasteiger partial charge on any atom is -0.378 e. The largest absolute Gasteiger partial charge is 0.378 e. The van der Waals surface area contributed by atoms with Gasteiger partial charge in [0.15, 0.2) is 5.82 Å². The fourth-order valence-corrected chi connectivity index (χ4v) is 2.12. The summed E-state index contributed by atoms with van der Waals surface area (Å²) in [6.45, 7) is 0. The van der Waals surface area contributed by atoms with Crippen LogP contribution in [0.15, 0.2) is 60.9 Å². The standard InChI is InChI=1S/C16H16N4/c1-19(2)14-10-8-13(9-11-14)16-18-17-12-20(16)15-6-4-3-5-7-15/h3-12H,1-2H3.